The minimum Gasteiger partial charge on any atom is -0.478 e. The molecule has 37 heavy (non-hydrogen) atoms. The molecule has 186 valence electrons. The van der Waals surface area contributed by atoms with Crippen molar-refractivity contribution in [2.45, 2.75) is 0 Å². The molecule has 1 aliphatic rings. The van der Waals surface area contributed by atoms with E-state index in [0.29, 0.717) is 23.0 Å². The Balaban J connectivity index is 1.52. The molecule has 0 aliphatic carbocycles. The number of nitrogens with one attached hydrogen (secondary N) is 3. The van der Waals surface area contributed by atoms with Gasteiger partial charge in [-0.25, -0.2) is 19.7 Å². The Bertz CT molecular complexity index is 1420. The maximum atomic E-state index is 13.1. The second-order valence-electron chi connectivity index (χ2n) is 8.25. The molecule has 1 amide bonds. The summed E-state index contributed by atoms with van der Waals surface area (Å²) in [4.78, 5) is 44.6. The van der Waals surface area contributed by atoms with E-state index < -0.39 is 11.9 Å². The van der Waals surface area contributed by atoms with E-state index >= 15 is 0 Å². The van der Waals surface area contributed by atoms with Crippen molar-refractivity contribution in [3.63, 3.8) is 0 Å². The molecule has 0 spiro atoms. The van der Waals surface area contributed by atoms with Crippen molar-refractivity contribution in [2.24, 2.45) is 0 Å². The van der Waals surface area contributed by atoms with E-state index in [9.17, 15) is 14.7 Å². The fraction of sp³-hybridized carbons (Fsp3) is 0.154. The average Bonchev–Trinajstić information content (AvgIpc) is 2.95. The molecule has 1 saturated heterocycles. The number of carbonyl (C=O) groups excluding carboxylic acids is 1. The lowest BCUT2D eigenvalue weighted by atomic mass is 10.1. The van der Waals surface area contributed by atoms with Gasteiger partial charge in [0.05, 0.1) is 28.7 Å². The standard InChI is InChI=1S/C26H24N8O3/c35-25(18-3-1-2-4-19(18)26(36)37)31-20-5-6-21(32-22-16-28-9-10-29-22)33-24(20)17-7-8-30-23(15-17)34-13-11-27-12-14-34/h1-10,15-16,27H,11-14H2,(H,31,35)(H,36,37)(H,29,32,33). The van der Waals surface area contributed by atoms with Gasteiger partial charge in [-0.2, -0.15) is 0 Å². The summed E-state index contributed by atoms with van der Waals surface area (Å²) in [6.07, 6.45) is 6.43. The molecular formula is C26H24N8O3. The molecule has 1 fully saturated rings. The van der Waals surface area contributed by atoms with Crippen LogP contribution in [0.4, 0.5) is 23.1 Å². The number of aromatic nitrogens is 4. The second-order valence-corrected chi connectivity index (χ2v) is 8.25. The molecule has 0 saturated carbocycles. The number of carboxylic acids is 1. The maximum absolute atomic E-state index is 13.1. The van der Waals surface area contributed by atoms with Crippen LogP contribution in [0.3, 0.4) is 0 Å². The Labute approximate surface area is 212 Å². The zero-order valence-electron chi connectivity index (χ0n) is 19.8. The highest BCUT2D eigenvalue weighted by atomic mass is 16.4. The summed E-state index contributed by atoms with van der Waals surface area (Å²) in [7, 11) is 0. The summed E-state index contributed by atoms with van der Waals surface area (Å²) >= 11 is 0. The van der Waals surface area contributed by atoms with Crippen LogP contribution in [0, 0.1) is 0 Å². The third kappa shape index (κ3) is 5.52. The van der Waals surface area contributed by atoms with Gasteiger partial charge in [-0.05, 0) is 36.4 Å². The van der Waals surface area contributed by atoms with Crippen molar-refractivity contribution >= 4 is 35.0 Å². The highest BCUT2D eigenvalue weighted by Gasteiger charge is 2.19. The molecule has 1 aliphatic heterocycles. The number of nitrogens with zero attached hydrogens (tertiary/aromatic N) is 5. The number of hydrogen-bond acceptors (Lipinski definition) is 9. The van der Waals surface area contributed by atoms with Crippen LogP contribution in [0.5, 0.6) is 0 Å². The molecule has 0 unspecified atom stereocenters. The van der Waals surface area contributed by atoms with Crippen molar-refractivity contribution in [1.82, 2.24) is 25.3 Å². The van der Waals surface area contributed by atoms with Gasteiger partial charge in [0.15, 0.2) is 0 Å². The largest absolute Gasteiger partial charge is 0.478 e. The third-order valence-electron chi connectivity index (χ3n) is 5.82. The number of rotatable bonds is 7. The summed E-state index contributed by atoms with van der Waals surface area (Å²) in [5.74, 6) is 0.0976. The van der Waals surface area contributed by atoms with E-state index in [-0.39, 0.29) is 11.1 Å². The SMILES string of the molecule is O=C(O)c1ccccc1C(=O)Nc1ccc(Nc2cnccn2)nc1-c1ccnc(N2CCNCC2)c1. The zero-order chi connectivity index (χ0) is 25.6. The van der Waals surface area contributed by atoms with Gasteiger partial charge < -0.3 is 26.0 Å². The predicted molar refractivity (Wildman–Crippen MR) is 139 cm³/mol. The van der Waals surface area contributed by atoms with Crippen LogP contribution in [-0.4, -0.2) is 63.1 Å². The summed E-state index contributed by atoms with van der Waals surface area (Å²) in [5.41, 5.74) is 1.63. The Kier molecular flexibility index (Phi) is 6.95. The minimum atomic E-state index is -1.18. The molecule has 4 N–H and O–H groups in total. The molecular weight excluding hydrogens is 472 g/mol. The van der Waals surface area contributed by atoms with Crippen LogP contribution >= 0.6 is 0 Å². The highest BCUT2D eigenvalue weighted by Crippen LogP contribution is 2.31. The number of benzene rings is 1. The van der Waals surface area contributed by atoms with Crippen molar-refractivity contribution in [3.05, 3.63) is 84.4 Å². The van der Waals surface area contributed by atoms with Gasteiger partial charge in [-0.1, -0.05) is 12.1 Å². The van der Waals surface area contributed by atoms with Gasteiger partial charge in [0.2, 0.25) is 0 Å². The maximum Gasteiger partial charge on any atom is 0.336 e. The molecule has 0 atom stereocenters. The average molecular weight is 497 g/mol. The first-order valence-corrected chi connectivity index (χ1v) is 11.7. The highest BCUT2D eigenvalue weighted by molar-refractivity contribution is 6.11. The van der Waals surface area contributed by atoms with Crippen LogP contribution in [0.15, 0.2) is 73.3 Å². The van der Waals surface area contributed by atoms with Gasteiger partial charge in [0.25, 0.3) is 5.91 Å². The Morgan fingerprint density at radius 3 is 2.49 bits per heavy atom. The van der Waals surface area contributed by atoms with Gasteiger partial charge in [-0.3, -0.25) is 9.78 Å². The first-order valence-electron chi connectivity index (χ1n) is 11.7. The molecule has 4 aromatic rings. The van der Waals surface area contributed by atoms with Crippen molar-refractivity contribution in [1.29, 1.82) is 0 Å². The summed E-state index contributed by atoms with van der Waals surface area (Å²) < 4.78 is 0. The molecule has 4 heterocycles. The lowest BCUT2D eigenvalue weighted by Gasteiger charge is -2.28. The van der Waals surface area contributed by atoms with Crippen LogP contribution in [0.1, 0.15) is 20.7 Å². The molecule has 1 aromatic carbocycles. The van der Waals surface area contributed by atoms with Gasteiger partial charge in [0, 0.05) is 50.3 Å². The number of aromatic carboxylic acids is 1. The molecule has 0 bridgehead atoms. The van der Waals surface area contributed by atoms with Crippen LogP contribution in [0.2, 0.25) is 0 Å². The first-order chi connectivity index (χ1) is 18.1. The van der Waals surface area contributed by atoms with Crippen molar-refractivity contribution < 1.29 is 14.7 Å². The van der Waals surface area contributed by atoms with E-state index in [0.717, 1.165) is 37.6 Å². The number of anilines is 4. The smallest absolute Gasteiger partial charge is 0.336 e. The third-order valence-corrected chi connectivity index (χ3v) is 5.82. The van der Waals surface area contributed by atoms with E-state index in [2.05, 4.69) is 35.8 Å². The summed E-state index contributed by atoms with van der Waals surface area (Å²) in [5, 5.41) is 18.8. The second kappa shape index (κ2) is 10.8. The van der Waals surface area contributed by atoms with Gasteiger partial charge in [0.1, 0.15) is 17.5 Å². The molecule has 3 aromatic heterocycles. The monoisotopic (exact) mass is 496 g/mol. The normalized spacial score (nSPS) is 13.1. The van der Waals surface area contributed by atoms with E-state index in [1.54, 1.807) is 49.1 Å². The number of carbonyl (C=O) groups is 2. The fourth-order valence-corrected chi connectivity index (χ4v) is 4.03. The topological polar surface area (TPSA) is 145 Å². The molecule has 0 radical (unpaired) electrons. The predicted octanol–water partition coefficient (Wildman–Crippen LogP) is 3.04. The van der Waals surface area contributed by atoms with Crippen molar-refractivity contribution in [3.8, 4) is 11.3 Å². The number of piperazine rings is 1. The number of carboxylic acid groups (broad SMARTS) is 1. The van der Waals surface area contributed by atoms with E-state index in [1.807, 2.05) is 12.1 Å². The van der Waals surface area contributed by atoms with Crippen LogP contribution in [-0.2, 0) is 0 Å². The molecule has 5 rings (SSSR count). The Morgan fingerprint density at radius 2 is 1.73 bits per heavy atom. The number of pyridine rings is 2. The Hall–Kier alpha value is -4.90. The lowest BCUT2D eigenvalue weighted by Crippen LogP contribution is -2.43. The summed E-state index contributed by atoms with van der Waals surface area (Å²) in [6, 6.07) is 13.2. The molecule has 11 nitrogen and oxygen atoms in total. The van der Waals surface area contributed by atoms with Crippen molar-refractivity contribution in [2.75, 3.05) is 41.7 Å². The zero-order valence-corrected chi connectivity index (χ0v) is 19.8. The van der Waals surface area contributed by atoms with Gasteiger partial charge in [-0.15, -0.1) is 0 Å². The quantitative estimate of drug-likeness (QED) is 0.301. The van der Waals surface area contributed by atoms with E-state index in [4.69, 9.17) is 4.98 Å². The Morgan fingerprint density at radius 1 is 0.919 bits per heavy atom. The molecule has 11 heteroatoms. The van der Waals surface area contributed by atoms with Gasteiger partial charge >= 0.3 is 5.97 Å². The first kappa shape index (κ1) is 23.8. The number of amides is 1. The summed E-state index contributed by atoms with van der Waals surface area (Å²) in [6.45, 7) is 3.39. The lowest BCUT2D eigenvalue weighted by molar-refractivity contribution is 0.0692. The minimum absolute atomic E-state index is 0.0546. The van der Waals surface area contributed by atoms with Crippen LogP contribution in [0.25, 0.3) is 11.3 Å². The van der Waals surface area contributed by atoms with Crippen LogP contribution < -0.4 is 20.9 Å². The number of hydrogen-bond donors (Lipinski definition) is 4. The fourth-order valence-electron chi connectivity index (χ4n) is 4.03. The van der Waals surface area contributed by atoms with E-state index in [1.165, 1.54) is 12.1 Å².